The molecule has 0 unspecified atom stereocenters. The summed E-state index contributed by atoms with van der Waals surface area (Å²) in [6.07, 6.45) is 11.9. The summed E-state index contributed by atoms with van der Waals surface area (Å²) in [4.78, 5) is 34.3. The van der Waals surface area contributed by atoms with E-state index in [2.05, 4.69) is 54.3 Å². The molecule has 0 spiro atoms. The van der Waals surface area contributed by atoms with Crippen LogP contribution in [0.1, 0.15) is 92.2 Å². The number of amides is 1. The minimum atomic E-state index is -0.144. The number of hydrogen-bond acceptors (Lipinski definition) is 6. The third kappa shape index (κ3) is 6.82. The fourth-order valence-electron chi connectivity index (χ4n) is 7.15. The maximum absolute atomic E-state index is 14.2. The summed E-state index contributed by atoms with van der Waals surface area (Å²) in [6.45, 7) is 2.85. The zero-order valence-corrected chi connectivity index (χ0v) is 26.5. The normalized spacial score (nSPS) is 23.9. The van der Waals surface area contributed by atoms with Crippen LogP contribution in [0, 0.1) is 24.7 Å². The van der Waals surface area contributed by atoms with Crippen molar-refractivity contribution in [2.45, 2.75) is 83.0 Å². The van der Waals surface area contributed by atoms with Gasteiger partial charge in [0, 0.05) is 30.3 Å². The molecule has 228 valence electrons. The third-order valence-electron chi connectivity index (χ3n) is 9.95. The Morgan fingerprint density at radius 2 is 1.60 bits per heavy atom. The van der Waals surface area contributed by atoms with E-state index in [0.29, 0.717) is 30.6 Å². The molecule has 6 rings (SSSR count). The lowest BCUT2D eigenvalue weighted by atomic mass is 9.77. The second kappa shape index (κ2) is 13.2. The van der Waals surface area contributed by atoms with Gasteiger partial charge in [-0.15, -0.1) is 11.3 Å². The standard InChI is InChI=1S/C36H44N2O4S/c1-23-19-29(17-18-32(23)41-2)25-9-7-24(8-10-25)22-38(35(39)27-13-15-28(16-14-27)36(40)42-3)31-6-4-5-30(20-31)33-21-37-34(43-33)26-11-12-26/h4-6,17-21,24-28H,7-16,22H2,1-3H3. The van der Waals surface area contributed by atoms with Crippen molar-refractivity contribution in [1.29, 1.82) is 0 Å². The maximum Gasteiger partial charge on any atom is 0.308 e. The summed E-state index contributed by atoms with van der Waals surface area (Å²) >= 11 is 1.79. The van der Waals surface area contributed by atoms with Crippen LogP contribution in [0.4, 0.5) is 5.69 Å². The number of aromatic nitrogens is 1. The molecule has 0 radical (unpaired) electrons. The molecule has 43 heavy (non-hydrogen) atoms. The highest BCUT2D eigenvalue weighted by molar-refractivity contribution is 7.15. The van der Waals surface area contributed by atoms with Crippen LogP contribution in [-0.2, 0) is 14.3 Å². The average Bonchev–Trinajstić information content (AvgIpc) is 3.79. The van der Waals surface area contributed by atoms with Gasteiger partial charge in [0.15, 0.2) is 0 Å². The first-order chi connectivity index (χ1) is 20.9. The van der Waals surface area contributed by atoms with E-state index in [9.17, 15) is 9.59 Å². The molecular weight excluding hydrogens is 556 g/mol. The first-order valence-electron chi connectivity index (χ1n) is 16.0. The molecular formula is C36H44N2O4S. The first-order valence-corrected chi connectivity index (χ1v) is 16.8. The molecule has 3 aliphatic rings. The number of ether oxygens (including phenoxy) is 2. The number of methoxy groups -OCH3 is 2. The molecule has 1 heterocycles. The Balaban J connectivity index is 1.19. The van der Waals surface area contributed by atoms with Crippen LogP contribution in [0.3, 0.4) is 0 Å². The van der Waals surface area contributed by atoms with E-state index in [1.807, 2.05) is 6.20 Å². The van der Waals surface area contributed by atoms with Crippen LogP contribution in [0.2, 0.25) is 0 Å². The minimum absolute atomic E-state index is 0.0620. The molecule has 0 bridgehead atoms. The van der Waals surface area contributed by atoms with Crippen molar-refractivity contribution >= 4 is 28.9 Å². The lowest BCUT2D eigenvalue weighted by Crippen LogP contribution is -2.42. The van der Waals surface area contributed by atoms with E-state index in [-0.39, 0.29) is 23.7 Å². The number of aryl methyl sites for hydroxylation is 1. The molecule has 0 atom stereocenters. The summed E-state index contributed by atoms with van der Waals surface area (Å²) in [5, 5.41) is 1.24. The van der Waals surface area contributed by atoms with Crippen LogP contribution < -0.4 is 9.64 Å². The summed E-state index contributed by atoms with van der Waals surface area (Å²) < 4.78 is 10.5. The van der Waals surface area contributed by atoms with Crippen molar-refractivity contribution in [3.8, 4) is 16.2 Å². The number of rotatable bonds is 9. The van der Waals surface area contributed by atoms with Gasteiger partial charge in [0.1, 0.15) is 5.75 Å². The fourth-order valence-corrected chi connectivity index (χ4v) is 8.23. The van der Waals surface area contributed by atoms with E-state index in [0.717, 1.165) is 62.1 Å². The van der Waals surface area contributed by atoms with Crippen LogP contribution in [0.25, 0.3) is 10.4 Å². The zero-order valence-electron chi connectivity index (χ0n) is 25.7. The van der Waals surface area contributed by atoms with Crippen molar-refractivity contribution in [2.75, 3.05) is 25.7 Å². The lowest BCUT2D eigenvalue weighted by molar-refractivity contribution is -0.147. The zero-order chi connectivity index (χ0) is 29.9. The van der Waals surface area contributed by atoms with Crippen molar-refractivity contribution in [3.05, 3.63) is 64.8 Å². The highest BCUT2D eigenvalue weighted by Gasteiger charge is 2.35. The molecule has 3 aliphatic carbocycles. The van der Waals surface area contributed by atoms with E-state index < -0.39 is 0 Å². The van der Waals surface area contributed by atoms with Gasteiger partial charge >= 0.3 is 5.97 Å². The van der Waals surface area contributed by atoms with Crippen LogP contribution in [-0.4, -0.2) is 37.6 Å². The Morgan fingerprint density at radius 1 is 0.884 bits per heavy atom. The lowest BCUT2D eigenvalue weighted by Gasteiger charge is -2.36. The molecule has 3 saturated carbocycles. The van der Waals surface area contributed by atoms with Gasteiger partial charge < -0.3 is 14.4 Å². The Hall–Kier alpha value is -3.19. The molecule has 0 saturated heterocycles. The van der Waals surface area contributed by atoms with Gasteiger partial charge in [-0.1, -0.05) is 24.3 Å². The molecule has 3 fully saturated rings. The summed E-state index contributed by atoms with van der Waals surface area (Å²) in [6, 6.07) is 15.1. The molecule has 3 aromatic rings. The molecule has 6 nitrogen and oxygen atoms in total. The number of esters is 1. The Bertz CT molecular complexity index is 1430. The monoisotopic (exact) mass is 600 g/mol. The second-order valence-corrected chi connectivity index (χ2v) is 13.9. The third-order valence-corrected chi connectivity index (χ3v) is 11.2. The average molecular weight is 601 g/mol. The van der Waals surface area contributed by atoms with Crippen molar-refractivity contribution in [2.24, 2.45) is 17.8 Å². The number of carbonyl (C=O) groups excluding carboxylic acids is 2. The Kier molecular flexibility index (Phi) is 9.17. The molecule has 0 N–H and O–H groups in total. The number of hydrogen-bond donors (Lipinski definition) is 0. The highest BCUT2D eigenvalue weighted by Crippen LogP contribution is 2.44. The van der Waals surface area contributed by atoms with Gasteiger partial charge in [0.25, 0.3) is 0 Å². The molecule has 7 heteroatoms. The van der Waals surface area contributed by atoms with Crippen LogP contribution >= 0.6 is 11.3 Å². The number of nitrogens with zero attached hydrogens (tertiary/aromatic N) is 2. The SMILES string of the molecule is COC(=O)C1CCC(C(=O)N(CC2CCC(c3ccc(OC)c(C)c3)CC2)c2cccc(-c3cnc(C4CC4)s3)c2)CC1. The topological polar surface area (TPSA) is 68.7 Å². The van der Waals surface area contributed by atoms with Crippen molar-refractivity contribution in [1.82, 2.24) is 4.98 Å². The second-order valence-electron chi connectivity index (χ2n) is 12.9. The summed E-state index contributed by atoms with van der Waals surface area (Å²) in [5.41, 5.74) is 4.69. The van der Waals surface area contributed by atoms with E-state index in [4.69, 9.17) is 14.5 Å². The van der Waals surface area contributed by atoms with Crippen LogP contribution in [0.5, 0.6) is 5.75 Å². The van der Waals surface area contributed by atoms with Gasteiger partial charge in [0.2, 0.25) is 5.91 Å². The molecule has 0 aliphatic heterocycles. The van der Waals surface area contributed by atoms with Gasteiger partial charge in [-0.3, -0.25) is 9.59 Å². The largest absolute Gasteiger partial charge is 0.496 e. The van der Waals surface area contributed by atoms with E-state index in [1.54, 1.807) is 18.4 Å². The quantitative estimate of drug-likeness (QED) is 0.231. The van der Waals surface area contributed by atoms with Gasteiger partial charge in [0.05, 0.1) is 30.0 Å². The number of thiazole rings is 1. The number of benzene rings is 2. The van der Waals surface area contributed by atoms with Gasteiger partial charge in [-0.05, 0) is 118 Å². The predicted molar refractivity (Wildman–Crippen MR) is 172 cm³/mol. The molecule has 2 aromatic carbocycles. The van der Waals surface area contributed by atoms with Gasteiger partial charge in [-0.25, -0.2) is 4.98 Å². The van der Waals surface area contributed by atoms with Crippen LogP contribution in [0.15, 0.2) is 48.7 Å². The summed E-state index contributed by atoms with van der Waals surface area (Å²) in [5.74, 6) is 2.50. The van der Waals surface area contributed by atoms with E-state index in [1.165, 1.54) is 41.0 Å². The predicted octanol–water partition coefficient (Wildman–Crippen LogP) is 8.29. The molecule has 1 amide bonds. The van der Waals surface area contributed by atoms with Crippen molar-refractivity contribution < 1.29 is 19.1 Å². The Labute approximate surface area is 259 Å². The van der Waals surface area contributed by atoms with Crippen molar-refractivity contribution in [3.63, 3.8) is 0 Å². The van der Waals surface area contributed by atoms with Gasteiger partial charge in [-0.2, -0.15) is 0 Å². The smallest absolute Gasteiger partial charge is 0.308 e. The summed E-state index contributed by atoms with van der Waals surface area (Å²) in [7, 11) is 3.18. The minimum Gasteiger partial charge on any atom is -0.496 e. The number of carbonyl (C=O) groups is 2. The maximum atomic E-state index is 14.2. The molecule has 1 aromatic heterocycles. The Morgan fingerprint density at radius 3 is 2.28 bits per heavy atom. The van der Waals surface area contributed by atoms with E-state index >= 15 is 0 Å². The first kappa shape index (κ1) is 29.9. The highest BCUT2D eigenvalue weighted by atomic mass is 32.1. The fraction of sp³-hybridized carbons (Fsp3) is 0.528. The number of anilines is 1.